The topological polar surface area (TPSA) is 75.3 Å². The van der Waals surface area contributed by atoms with Gasteiger partial charge in [-0.25, -0.2) is 4.79 Å². The fourth-order valence-corrected chi connectivity index (χ4v) is 4.40. The number of carbonyl (C=O) groups is 3. The van der Waals surface area contributed by atoms with E-state index in [0.29, 0.717) is 12.8 Å². The molecule has 5 nitrogen and oxygen atoms in total. The van der Waals surface area contributed by atoms with Crippen LogP contribution < -0.4 is 10.6 Å². The highest BCUT2D eigenvalue weighted by Gasteiger charge is 2.49. The summed E-state index contributed by atoms with van der Waals surface area (Å²) in [6.45, 7) is 2.06. The van der Waals surface area contributed by atoms with Crippen molar-refractivity contribution in [2.75, 3.05) is 0 Å². The van der Waals surface area contributed by atoms with Crippen LogP contribution in [0.25, 0.3) is 0 Å². The normalized spacial score (nSPS) is 25.5. The van der Waals surface area contributed by atoms with Crippen molar-refractivity contribution in [1.82, 2.24) is 10.6 Å². The van der Waals surface area contributed by atoms with Crippen molar-refractivity contribution in [1.29, 1.82) is 0 Å². The van der Waals surface area contributed by atoms with Gasteiger partial charge in [0, 0.05) is 12.0 Å². The first-order valence-corrected chi connectivity index (χ1v) is 9.30. The number of hydrogen-bond acceptors (Lipinski definition) is 3. The summed E-state index contributed by atoms with van der Waals surface area (Å²) in [6.07, 6.45) is 1.73. The number of carbonyl (C=O) groups excluding carboxylic acids is 3. The molecule has 1 heterocycles. The molecule has 0 saturated carbocycles. The van der Waals surface area contributed by atoms with Gasteiger partial charge in [0.2, 0.25) is 0 Å². The standard InChI is InChI=1S/C22H22N2O3/c1-14(16-11-15-7-5-6-10-18(15)19(25)12-16)13-22(17-8-3-2-4-9-17)20(26)23-21(27)24-22/h2-10,14,16H,11-13H2,1H3,(H2,23,24,26,27). The van der Waals surface area contributed by atoms with Crippen molar-refractivity contribution in [3.05, 3.63) is 71.3 Å². The van der Waals surface area contributed by atoms with Crippen LogP contribution in [0.2, 0.25) is 0 Å². The van der Waals surface area contributed by atoms with E-state index < -0.39 is 11.6 Å². The van der Waals surface area contributed by atoms with E-state index in [1.165, 1.54) is 0 Å². The summed E-state index contributed by atoms with van der Waals surface area (Å²) >= 11 is 0. The molecule has 3 atom stereocenters. The van der Waals surface area contributed by atoms with Gasteiger partial charge in [-0.3, -0.25) is 14.9 Å². The Kier molecular flexibility index (Phi) is 4.30. The molecule has 1 fully saturated rings. The van der Waals surface area contributed by atoms with E-state index in [0.717, 1.165) is 23.1 Å². The number of hydrogen-bond donors (Lipinski definition) is 2. The first-order chi connectivity index (χ1) is 13.0. The monoisotopic (exact) mass is 362 g/mol. The molecule has 4 rings (SSSR count). The highest BCUT2D eigenvalue weighted by Crippen LogP contribution is 2.38. The van der Waals surface area contributed by atoms with E-state index in [1.807, 2.05) is 54.6 Å². The van der Waals surface area contributed by atoms with E-state index >= 15 is 0 Å². The minimum atomic E-state index is -1.09. The van der Waals surface area contributed by atoms with Crippen LogP contribution in [-0.2, 0) is 16.8 Å². The summed E-state index contributed by atoms with van der Waals surface area (Å²) in [6, 6.07) is 16.6. The molecular formula is C22H22N2O3. The van der Waals surface area contributed by atoms with Gasteiger partial charge in [0.05, 0.1) is 0 Å². The minimum absolute atomic E-state index is 0.0756. The van der Waals surface area contributed by atoms with Crippen molar-refractivity contribution < 1.29 is 14.4 Å². The Hall–Kier alpha value is -2.95. The molecular weight excluding hydrogens is 340 g/mol. The molecule has 0 bridgehead atoms. The zero-order valence-corrected chi connectivity index (χ0v) is 15.2. The molecule has 1 aliphatic heterocycles. The molecule has 2 aliphatic rings. The summed E-state index contributed by atoms with van der Waals surface area (Å²) < 4.78 is 0. The van der Waals surface area contributed by atoms with Crippen LogP contribution in [0.4, 0.5) is 4.79 Å². The Balaban J connectivity index is 1.62. The maximum absolute atomic E-state index is 12.7. The fourth-order valence-electron chi connectivity index (χ4n) is 4.40. The summed E-state index contributed by atoms with van der Waals surface area (Å²) in [7, 11) is 0. The number of rotatable bonds is 4. The van der Waals surface area contributed by atoms with Gasteiger partial charge in [0.15, 0.2) is 5.78 Å². The molecule has 3 amide bonds. The third-order valence-corrected chi connectivity index (χ3v) is 5.89. The number of imide groups is 1. The molecule has 27 heavy (non-hydrogen) atoms. The van der Waals surface area contributed by atoms with Gasteiger partial charge >= 0.3 is 6.03 Å². The Bertz CT molecular complexity index is 909. The van der Waals surface area contributed by atoms with E-state index in [4.69, 9.17) is 0 Å². The predicted molar refractivity (Wildman–Crippen MR) is 101 cm³/mol. The molecule has 5 heteroatoms. The second-order valence-electron chi connectivity index (χ2n) is 7.61. The summed E-state index contributed by atoms with van der Waals surface area (Å²) in [5.74, 6) is 0.0420. The van der Waals surface area contributed by atoms with Crippen molar-refractivity contribution in [3.8, 4) is 0 Å². The second kappa shape index (κ2) is 6.65. The van der Waals surface area contributed by atoms with Crippen LogP contribution in [0.1, 0.15) is 41.3 Å². The summed E-state index contributed by atoms with van der Waals surface area (Å²) in [4.78, 5) is 37.2. The lowest BCUT2D eigenvalue weighted by atomic mass is 9.71. The van der Waals surface area contributed by atoms with Gasteiger partial charge in [-0.2, -0.15) is 0 Å². The summed E-state index contributed by atoms with van der Waals surface area (Å²) in [5.41, 5.74) is 1.56. The maximum atomic E-state index is 12.7. The average Bonchev–Trinajstić information content (AvgIpc) is 2.96. The molecule has 2 aromatic carbocycles. The van der Waals surface area contributed by atoms with Gasteiger partial charge in [-0.15, -0.1) is 0 Å². The smallest absolute Gasteiger partial charge is 0.319 e. The number of Topliss-reactive ketones (excluding diaryl/α,β-unsaturated/α-hetero) is 1. The number of ketones is 1. The van der Waals surface area contributed by atoms with Crippen molar-refractivity contribution in [2.24, 2.45) is 11.8 Å². The van der Waals surface area contributed by atoms with Gasteiger partial charge in [0.1, 0.15) is 5.54 Å². The Morgan fingerprint density at radius 1 is 1.00 bits per heavy atom. The molecule has 1 saturated heterocycles. The number of fused-ring (bicyclic) bond motifs is 1. The Morgan fingerprint density at radius 3 is 2.41 bits per heavy atom. The van der Waals surface area contributed by atoms with Crippen LogP contribution in [0.3, 0.4) is 0 Å². The minimum Gasteiger partial charge on any atom is -0.319 e. The SMILES string of the molecule is CC(CC1(c2ccccc2)NC(=O)NC1=O)C1CC(=O)c2ccccc2C1. The van der Waals surface area contributed by atoms with Gasteiger partial charge in [-0.1, -0.05) is 61.5 Å². The van der Waals surface area contributed by atoms with Gasteiger partial charge < -0.3 is 5.32 Å². The zero-order chi connectivity index (χ0) is 19.0. The van der Waals surface area contributed by atoms with Crippen LogP contribution >= 0.6 is 0 Å². The van der Waals surface area contributed by atoms with Crippen molar-refractivity contribution >= 4 is 17.7 Å². The van der Waals surface area contributed by atoms with E-state index in [2.05, 4.69) is 17.6 Å². The number of amides is 3. The largest absolute Gasteiger partial charge is 0.322 e. The van der Waals surface area contributed by atoms with Crippen molar-refractivity contribution in [3.63, 3.8) is 0 Å². The first-order valence-electron chi connectivity index (χ1n) is 9.30. The fraction of sp³-hybridized carbons (Fsp3) is 0.318. The lowest BCUT2D eigenvalue weighted by molar-refractivity contribution is -0.125. The Labute approximate surface area is 158 Å². The highest BCUT2D eigenvalue weighted by atomic mass is 16.2. The molecule has 2 aromatic rings. The molecule has 3 unspecified atom stereocenters. The van der Waals surface area contributed by atoms with Gasteiger partial charge in [0.25, 0.3) is 5.91 Å². The van der Waals surface area contributed by atoms with Crippen molar-refractivity contribution in [2.45, 2.75) is 31.7 Å². The van der Waals surface area contributed by atoms with Gasteiger partial charge in [-0.05, 0) is 35.8 Å². The third-order valence-electron chi connectivity index (χ3n) is 5.89. The molecule has 2 N–H and O–H groups in total. The third kappa shape index (κ3) is 3.03. The highest BCUT2D eigenvalue weighted by molar-refractivity contribution is 6.07. The average molecular weight is 362 g/mol. The van der Waals surface area contributed by atoms with Crippen LogP contribution in [-0.4, -0.2) is 17.7 Å². The number of urea groups is 1. The summed E-state index contributed by atoms with van der Waals surface area (Å²) in [5, 5.41) is 5.23. The van der Waals surface area contributed by atoms with E-state index in [-0.39, 0.29) is 23.5 Å². The van der Waals surface area contributed by atoms with E-state index in [1.54, 1.807) is 0 Å². The predicted octanol–water partition coefficient (Wildman–Crippen LogP) is 3.19. The quantitative estimate of drug-likeness (QED) is 0.820. The van der Waals surface area contributed by atoms with Crippen LogP contribution in [0, 0.1) is 11.8 Å². The molecule has 138 valence electrons. The zero-order valence-electron chi connectivity index (χ0n) is 15.2. The maximum Gasteiger partial charge on any atom is 0.322 e. The number of benzene rings is 2. The first kappa shape index (κ1) is 17.5. The number of nitrogens with one attached hydrogen (secondary N) is 2. The van der Waals surface area contributed by atoms with Crippen LogP contribution in [0.15, 0.2) is 54.6 Å². The molecule has 1 aliphatic carbocycles. The van der Waals surface area contributed by atoms with Crippen LogP contribution in [0.5, 0.6) is 0 Å². The second-order valence-corrected chi connectivity index (χ2v) is 7.61. The lowest BCUT2D eigenvalue weighted by Gasteiger charge is -2.35. The van der Waals surface area contributed by atoms with E-state index in [9.17, 15) is 14.4 Å². The molecule has 0 radical (unpaired) electrons. The molecule has 0 aromatic heterocycles. The lowest BCUT2D eigenvalue weighted by Crippen LogP contribution is -2.46. The Morgan fingerprint density at radius 2 is 1.70 bits per heavy atom. The molecule has 0 spiro atoms.